The first kappa shape index (κ1) is 12.9. The molecule has 0 spiro atoms. The molecule has 1 fully saturated rings. The van der Waals surface area contributed by atoms with E-state index in [0.29, 0.717) is 6.04 Å². The molecule has 0 saturated carbocycles. The topological polar surface area (TPSA) is 53.1 Å². The first-order valence-corrected chi connectivity index (χ1v) is 6.81. The number of hydrogen-bond acceptors (Lipinski definition) is 2. The maximum Gasteiger partial charge on any atom is 0.123 e. The van der Waals surface area contributed by atoms with Gasteiger partial charge in [0.15, 0.2) is 0 Å². The van der Waals surface area contributed by atoms with E-state index >= 15 is 0 Å². The Hall–Kier alpha value is -1.51. The van der Waals surface area contributed by atoms with Crippen molar-refractivity contribution in [3.8, 4) is 0 Å². The summed E-state index contributed by atoms with van der Waals surface area (Å²) in [7, 11) is 0. The monoisotopic (exact) mass is 245 g/mol. The minimum atomic E-state index is 0.156. The van der Waals surface area contributed by atoms with E-state index in [-0.39, 0.29) is 5.84 Å². The van der Waals surface area contributed by atoms with Crippen LogP contribution in [0.15, 0.2) is 18.2 Å². The zero-order valence-corrected chi connectivity index (χ0v) is 11.4. The molecule has 18 heavy (non-hydrogen) atoms. The van der Waals surface area contributed by atoms with Crippen LogP contribution in [0.5, 0.6) is 0 Å². The lowest BCUT2D eigenvalue weighted by Gasteiger charge is -2.30. The number of amidine groups is 1. The van der Waals surface area contributed by atoms with Crippen molar-refractivity contribution < 1.29 is 0 Å². The molecule has 0 bridgehead atoms. The zero-order chi connectivity index (χ0) is 13.1. The standard InChI is InChI=1S/C15H23N3/c1-11-10-13(7-8-14(11)15(16)17)18-9-5-3-4-6-12(18)2/h7-8,10,12H,3-6,9H2,1-2H3,(H3,16,17). The van der Waals surface area contributed by atoms with Gasteiger partial charge < -0.3 is 10.6 Å². The van der Waals surface area contributed by atoms with Gasteiger partial charge in [-0.25, -0.2) is 0 Å². The Labute approximate surface area is 109 Å². The van der Waals surface area contributed by atoms with Gasteiger partial charge in [0.25, 0.3) is 0 Å². The summed E-state index contributed by atoms with van der Waals surface area (Å²) in [5, 5.41) is 7.53. The molecule has 1 aromatic carbocycles. The first-order valence-electron chi connectivity index (χ1n) is 6.81. The molecule has 98 valence electrons. The maximum atomic E-state index is 7.53. The molecule has 2 rings (SSSR count). The van der Waals surface area contributed by atoms with Crippen LogP contribution in [0.1, 0.15) is 43.7 Å². The van der Waals surface area contributed by atoms with Gasteiger partial charge in [0.2, 0.25) is 0 Å². The Bertz CT molecular complexity index is 439. The van der Waals surface area contributed by atoms with E-state index in [1.165, 1.54) is 31.4 Å². The minimum Gasteiger partial charge on any atom is -0.384 e. The average molecular weight is 245 g/mol. The fraction of sp³-hybridized carbons (Fsp3) is 0.533. The molecule has 1 aromatic rings. The van der Waals surface area contributed by atoms with E-state index in [1.54, 1.807) is 0 Å². The van der Waals surface area contributed by atoms with E-state index < -0.39 is 0 Å². The van der Waals surface area contributed by atoms with Crippen LogP contribution in [-0.2, 0) is 0 Å². The molecule has 3 heteroatoms. The second kappa shape index (κ2) is 5.42. The lowest BCUT2D eigenvalue weighted by atomic mass is 10.1. The lowest BCUT2D eigenvalue weighted by molar-refractivity contribution is 0.616. The van der Waals surface area contributed by atoms with Crippen LogP contribution in [-0.4, -0.2) is 18.4 Å². The average Bonchev–Trinajstić information content (AvgIpc) is 2.53. The van der Waals surface area contributed by atoms with E-state index in [0.717, 1.165) is 17.7 Å². The number of benzene rings is 1. The number of aryl methyl sites for hydroxylation is 1. The fourth-order valence-electron chi connectivity index (χ4n) is 2.79. The Kier molecular flexibility index (Phi) is 3.90. The molecule has 0 aromatic heterocycles. The molecule has 1 heterocycles. The highest BCUT2D eigenvalue weighted by Gasteiger charge is 2.17. The summed E-state index contributed by atoms with van der Waals surface area (Å²) in [5.41, 5.74) is 8.78. The van der Waals surface area contributed by atoms with E-state index in [2.05, 4.69) is 24.0 Å². The molecule has 1 unspecified atom stereocenters. The van der Waals surface area contributed by atoms with Crippen LogP contribution in [0.4, 0.5) is 5.69 Å². The summed E-state index contributed by atoms with van der Waals surface area (Å²) in [6, 6.07) is 6.85. The number of nitrogen functional groups attached to an aromatic ring is 1. The Morgan fingerprint density at radius 1 is 1.33 bits per heavy atom. The van der Waals surface area contributed by atoms with Crippen molar-refractivity contribution in [3.63, 3.8) is 0 Å². The molecule has 3 N–H and O–H groups in total. The normalized spacial score (nSPS) is 20.6. The van der Waals surface area contributed by atoms with Crippen molar-refractivity contribution in [2.24, 2.45) is 5.73 Å². The Morgan fingerprint density at radius 3 is 2.78 bits per heavy atom. The van der Waals surface area contributed by atoms with Gasteiger partial charge in [-0.2, -0.15) is 0 Å². The van der Waals surface area contributed by atoms with Gasteiger partial charge in [0.1, 0.15) is 5.84 Å². The highest BCUT2D eigenvalue weighted by Crippen LogP contribution is 2.25. The minimum absolute atomic E-state index is 0.156. The van der Waals surface area contributed by atoms with Crippen LogP contribution < -0.4 is 10.6 Å². The SMILES string of the molecule is Cc1cc(N2CCCCCC2C)ccc1C(=N)N. The molecule has 3 nitrogen and oxygen atoms in total. The summed E-state index contributed by atoms with van der Waals surface area (Å²) < 4.78 is 0. The van der Waals surface area contributed by atoms with Gasteiger partial charge in [-0.05, 0) is 50.5 Å². The van der Waals surface area contributed by atoms with Crippen molar-refractivity contribution in [3.05, 3.63) is 29.3 Å². The van der Waals surface area contributed by atoms with Crippen molar-refractivity contribution in [1.29, 1.82) is 5.41 Å². The lowest BCUT2D eigenvalue weighted by Crippen LogP contribution is -2.32. The van der Waals surface area contributed by atoms with Crippen molar-refractivity contribution in [2.75, 3.05) is 11.4 Å². The van der Waals surface area contributed by atoms with Crippen LogP contribution in [0.3, 0.4) is 0 Å². The Morgan fingerprint density at radius 2 is 2.11 bits per heavy atom. The van der Waals surface area contributed by atoms with Crippen LogP contribution in [0.25, 0.3) is 0 Å². The summed E-state index contributed by atoms with van der Waals surface area (Å²) in [4.78, 5) is 2.49. The Balaban J connectivity index is 2.27. The number of nitrogens with two attached hydrogens (primary N) is 1. The molecule has 1 aliphatic rings. The third kappa shape index (κ3) is 2.66. The number of nitrogens with zero attached hydrogens (tertiary/aromatic N) is 1. The zero-order valence-electron chi connectivity index (χ0n) is 11.4. The molecular formula is C15H23N3. The van der Waals surface area contributed by atoms with E-state index in [1.807, 2.05) is 13.0 Å². The third-order valence-electron chi connectivity index (χ3n) is 3.88. The second-order valence-electron chi connectivity index (χ2n) is 5.30. The van der Waals surface area contributed by atoms with Gasteiger partial charge in [0, 0.05) is 23.8 Å². The molecule has 0 radical (unpaired) electrons. The highest BCUT2D eigenvalue weighted by atomic mass is 15.2. The molecule has 1 saturated heterocycles. The predicted molar refractivity (Wildman–Crippen MR) is 77.5 cm³/mol. The largest absolute Gasteiger partial charge is 0.384 e. The van der Waals surface area contributed by atoms with Gasteiger partial charge in [-0.15, -0.1) is 0 Å². The summed E-state index contributed by atoms with van der Waals surface area (Å²) in [6.45, 7) is 5.47. The number of anilines is 1. The quantitative estimate of drug-likeness (QED) is 0.621. The highest BCUT2D eigenvalue weighted by molar-refractivity contribution is 5.96. The fourth-order valence-corrected chi connectivity index (χ4v) is 2.79. The van der Waals surface area contributed by atoms with Crippen molar-refractivity contribution in [1.82, 2.24) is 0 Å². The summed E-state index contributed by atoms with van der Waals surface area (Å²) >= 11 is 0. The number of hydrogen-bond donors (Lipinski definition) is 2. The maximum absolute atomic E-state index is 7.53. The van der Waals surface area contributed by atoms with Crippen LogP contribution in [0, 0.1) is 12.3 Å². The van der Waals surface area contributed by atoms with Gasteiger partial charge >= 0.3 is 0 Å². The van der Waals surface area contributed by atoms with E-state index in [9.17, 15) is 0 Å². The van der Waals surface area contributed by atoms with E-state index in [4.69, 9.17) is 11.1 Å². The van der Waals surface area contributed by atoms with Crippen LogP contribution in [0.2, 0.25) is 0 Å². The second-order valence-corrected chi connectivity index (χ2v) is 5.30. The molecular weight excluding hydrogens is 222 g/mol. The molecule has 0 amide bonds. The van der Waals surface area contributed by atoms with Gasteiger partial charge in [-0.3, -0.25) is 5.41 Å². The van der Waals surface area contributed by atoms with Gasteiger partial charge in [-0.1, -0.05) is 12.8 Å². The molecule has 1 atom stereocenters. The summed E-state index contributed by atoms with van der Waals surface area (Å²) in [5.74, 6) is 0.156. The first-order chi connectivity index (χ1) is 8.59. The smallest absolute Gasteiger partial charge is 0.123 e. The summed E-state index contributed by atoms with van der Waals surface area (Å²) in [6.07, 6.45) is 5.22. The predicted octanol–water partition coefficient (Wildman–Crippen LogP) is 3.05. The number of nitrogens with one attached hydrogen (secondary N) is 1. The molecule has 0 aliphatic carbocycles. The van der Waals surface area contributed by atoms with Crippen molar-refractivity contribution >= 4 is 11.5 Å². The number of rotatable bonds is 2. The van der Waals surface area contributed by atoms with Crippen molar-refractivity contribution in [2.45, 2.75) is 45.6 Å². The molecule has 1 aliphatic heterocycles. The van der Waals surface area contributed by atoms with Gasteiger partial charge in [0.05, 0.1) is 0 Å². The third-order valence-corrected chi connectivity index (χ3v) is 3.88. The van der Waals surface area contributed by atoms with Crippen LogP contribution >= 0.6 is 0 Å².